The van der Waals surface area contributed by atoms with Crippen molar-refractivity contribution in [1.29, 1.82) is 0 Å². The van der Waals surface area contributed by atoms with Crippen LogP contribution < -0.4 is 0 Å². The number of aryl methyl sites for hydroxylation is 1. The zero-order valence-corrected chi connectivity index (χ0v) is 16.2. The van der Waals surface area contributed by atoms with Crippen molar-refractivity contribution in [2.45, 2.75) is 57.0 Å². The molecule has 142 valence electrons. The highest BCUT2D eigenvalue weighted by Gasteiger charge is 2.46. The molecule has 0 aromatic heterocycles. The Hall–Kier alpha value is -1.39. The van der Waals surface area contributed by atoms with Gasteiger partial charge >= 0.3 is 0 Å². The standard InChI is InChI=1S/C22H32N2O2/c1-17-5-3-4-6-20(17)21(25)24-13-11-22(12-14-24)10-9-19(23(22)2)16-26-15-18-7-8-18/h3-6,18-19H,7-16H2,1-2H3/t19-/m0/s1. The van der Waals surface area contributed by atoms with Crippen LogP contribution in [0.2, 0.25) is 0 Å². The topological polar surface area (TPSA) is 32.8 Å². The molecule has 2 saturated heterocycles. The number of benzene rings is 1. The van der Waals surface area contributed by atoms with Crippen LogP contribution in [0.5, 0.6) is 0 Å². The van der Waals surface area contributed by atoms with Crippen molar-refractivity contribution >= 4 is 5.91 Å². The Morgan fingerprint density at radius 2 is 1.85 bits per heavy atom. The molecule has 4 heteroatoms. The van der Waals surface area contributed by atoms with E-state index >= 15 is 0 Å². The van der Waals surface area contributed by atoms with Crippen molar-refractivity contribution in [1.82, 2.24) is 9.80 Å². The van der Waals surface area contributed by atoms with E-state index in [1.165, 1.54) is 25.7 Å². The lowest BCUT2D eigenvalue weighted by molar-refractivity contribution is 0.0172. The summed E-state index contributed by atoms with van der Waals surface area (Å²) < 4.78 is 5.97. The van der Waals surface area contributed by atoms with Gasteiger partial charge in [-0.3, -0.25) is 9.69 Å². The number of nitrogens with zero attached hydrogens (tertiary/aromatic N) is 2. The number of amides is 1. The van der Waals surface area contributed by atoms with Crippen LogP contribution >= 0.6 is 0 Å². The lowest BCUT2D eigenvalue weighted by Crippen LogP contribution is -2.54. The zero-order valence-electron chi connectivity index (χ0n) is 16.2. The number of carbonyl (C=O) groups excluding carboxylic acids is 1. The Labute approximate surface area is 157 Å². The fourth-order valence-electron chi connectivity index (χ4n) is 4.75. The molecule has 4 rings (SSSR count). The Bertz CT molecular complexity index is 647. The minimum absolute atomic E-state index is 0.197. The number of ether oxygens (including phenoxy) is 1. The van der Waals surface area contributed by atoms with Gasteiger partial charge in [-0.15, -0.1) is 0 Å². The van der Waals surface area contributed by atoms with Gasteiger partial charge in [0.15, 0.2) is 0 Å². The third kappa shape index (κ3) is 3.54. The average molecular weight is 357 g/mol. The third-order valence-corrected chi connectivity index (χ3v) is 6.96. The summed E-state index contributed by atoms with van der Waals surface area (Å²) in [5, 5.41) is 0. The molecule has 4 nitrogen and oxygen atoms in total. The molecule has 2 heterocycles. The summed E-state index contributed by atoms with van der Waals surface area (Å²) in [5.74, 6) is 1.04. The van der Waals surface area contributed by atoms with Gasteiger partial charge in [-0.05, 0) is 70.0 Å². The van der Waals surface area contributed by atoms with Gasteiger partial charge in [-0.25, -0.2) is 0 Å². The van der Waals surface area contributed by atoms with E-state index in [1.807, 2.05) is 31.2 Å². The smallest absolute Gasteiger partial charge is 0.254 e. The number of likely N-dealkylation sites (tertiary alicyclic amines) is 2. The van der Waals surface area contributed by atoms with Gasteiger partial charge in [-0.1, -0.05) is 18.2 Å². The van der Waals surface area contributed by atoms with E-state index in [1.54, 1.807) is 0 Å². The molecule has 2 aliphatic heterocycles. The minimum Gasteiger partial charge on any atom is -0.380 e. The molecule has 1 aliphatic carbocycles. The molecule has 3 aliphatic rings. The third-order valence-electron chi connectivity index (χ3n) is 6.96. The lowest BCUT2D eigenvalue weighted by Gasteiger charge is -2.45. The van der Waals surface area contributed by atoms with Crippen molar-refractivity contribution < 1.29 is 9.53 Å². The van der Waals surface area contributed by atoms with Gasteiger partial charge in [0, 0.05) is 36.8 Å². The van der Waals surface area contributed by atoms with E-state index in [0.29, 0.717) is 6.04 Å². The zero-order chi connectivity index (χ0) is 18.1. The number of hydrogen-bond acceptors (Lipinski definition) is 3. The van der Waals surface area contributed by atoms with Gasteiger partial charge < -0.3 is 9.64 Å². The second-order valence-corrected chi connectivity index (χ2v) is 8.62. The van der Waals surface area contributed by atoms with Crippen molar-refractivity contribution in [2.75, 3.05) is 33.4 Å². The number of likely N-dealkylation sites (N-methyl/N-ethyl adjacent to an activating group) is 1. The van der Waals surface area contributed by atoms with Crippen LogP contribution in [-0.2, 0) is 4.74 Å². The van der Waals surface area contributed by atoms with Crippen LogP contribution in [-0.4, -0.2) is 60.6 Å². The molecule has 1 aromatic carbocycles. The Morgan fingerprint density at radius 3 is 2.54 bits per heavy atom. The van der Waals surface area contributed by atoms with E-state index in [0.717, 1.165) is 56.2 Å². The molecule has 26 heavy (non-hydrogen) atoms. The quantitative estimate of drug-likeness (QED) is 0.810. The molecule has 0 radical (unpaired) electrons. The van der Waals surface area contributed by atoms with Crippen LogP contribution in [0.1, 0.15) is 54.4 Å². The fourth-order valence-corrected chi connectivity index (χ4v) is 4.75. The molecular formula is C22H32N2O2. The first kappa shape index (κ1) is 18.0. The summed E-state index contributed by atoms with van der Waals surface area (Å²) in [6.07, 6.45) is 7.35. The van der Waals surface area contributed by atoms with Crippen molar-refractivity contribution in [3.8, 4) is 0 Å². The second-order valence-electron chi connectivity index (χ2n) is 8.62. The van der Waals surface area contributed by atoms with Gasteiger partial charge in [0.25, 0.3) is 5.91 Å². The fraction of sp³-hybridized carbons (Fsp3) is 0.682. The van der Waals surface area contributed by atoms with Gasteiger partial charge in [0.05, 0.1) is 6.61 Å². The molecular weight excluding hydrogens is 324 g/mol. The van der Waals surface area contributed by atoms with Crippen LogP contribution in [0.25, 0.3) is 0 Å². The van der Waals surface area contributed by atoms with Crippen molar-refractivity contribution in [3.63, 3.8) is 0 Å². The SMILES string of the molecule is Cc1ccccc1C(=O)N1CCC2(CC[C@@H](COCC3CC3)N2C)CC1. The van der Waals surface area contributed by atoms with Crippen LogP contribution in [0.3, 0.4) is 0 Å². The molecule has 1 amide bonds. The molecule has 3 fully saturated rings. The van der Waals surface area contributed by atoms with E-state index in [-0.39, 0.29) is 11.4 Å². The van der Waals surface area contributed by atoms with Crippen LogP contribution in [0, 0.1) is 12.8 Å². The van der Waals surface area contributed by atoms with E-state index in [2.05, 4.69) is 16.8 Å². The Morgan fingerprint density at radius 1 is 1.12 bits per heavy atom. The minimum atomic E-state index is 0.197. The van der Waals surface area contributed by atoms with E-state index < -0.39 is 0 Å². The lowest BCUT2D eigenvalue weighted by atomic mass is 9.85. The molecule has 1 aromatic rings. The predicted molar refractivity (Wildman–Crippen MR) is 103 cm³/mol. The number of piperidine rings is 1. The average Bonchev–Trinajstić information content (AvgIpc) is 3.44. The first-order valence-electron chi connectivity index (χ1n) is 10.2. The number of carbonyl (C=O) groups is 1. The summed E-state index contributed by atoms with van der Waals surface area (Å²) in [5.41, 5.74) is 2.20. The summed E-state index contributed by atoms with van der Waals surface area (Å²) >= 11 is 0. The maximum atomic E-state index is 12.9. The predicted octanol–water partition coefficient (Wildman–Crippen LogP) is 3.49. The number of rotatable bonds is 5. The van der Waals surface area contributed by atoms with Crippen LogP contribution in [0.15, 0.2) is 24.3 Å². The van der Waals surface area contributed by atoms with Gasteiger partial charge in [0.2, 0.25) is 0 Å². The van der Waals surface area contributed by atoms with Crippen LogP contribution in [0.4, 0.5) is 0 Å². The second kappa shape index (κ2) is 7.32. The molecule has 0 N–H and O–H groups in total. The molecule has 1 atom stereocenters. The summed E-state index contributed by atoms with van der Waals surface area (Å²) in [7, 11) is 2.27. The monoisotopic (exact) mass is 356 g/mol. The van der Waals surface area contributed by atoms with Gasteiger partial charge in [0.1, 0.15) is 0 Å². The maximum absolute atomic E-state index is 12.9. The van der Waals surface area contributed by atoms with E-state index in [9.17, 15) is 4.79 Å². The Kier molecular flexibility index (Phi) is 5.07. The summed E-state index contributed by atoms with van der Waals surface area (Å²) in [6.45, 7) is 5.59. The Balaban J connectivity index is 1.32. The highest BCUT2D eigenvalue weighted by Crippen LogP contribution is 2.41. The normalized spacial score (nSPS) is 25.8. The molecule has 0 unspecified atom stereocenters. The first-order valence-corrected chi connectivity index (χ1v) is 10.2. The van der Waals surface area contributed by atoms with Crippen molar-refractivity contribution in [2.24, 2.45) is 5.92 Å². The largest absolute Gasteiger partial charge is 0.380 e. The highest BCUT2D eigenvalue weighted by atomic mass is 16.5. The van der Waals surface area contributed by atoms with E-state index in [4.69, 9.17) is 4.74 Å². The summed E-state index contributed by atoms with van der Waals surface area (Å²) in [4.78, 5) is 17.5. The first-order chi connectivity index (χ1) is 12.6. The van der Waals surface area contributed by atoms with Crippen molar-refractivity contribution in [3.05, 3.63) is 35.4 Å². The summed E-state index contributed by atoms with van der Waals surface area (Å²) in [6, 6.07) is 8.48. The highest BCUT2D eigenvalue weighted by molar-refractivity contribution is 5.95. The van der Waals surface area contributed by atoms with Gasteiger partial charge in [-0.2, -0.15) is 0 Å². The molecule has 1 spiro atoms. The molecule has 0 bridgehead atoms. The number of hydrogen-bond donors (Lipinski definition) is 0. The molecule has 1 saturated carbocycles. The maximum Gasteiger partial charge on any atom is 0.254 e.